The quantitative estimate of drug-likeness (QED) is 0.549. The highest BCUT2D eigenvalue weighted by Gasteiger charge is 2.37. The third-order valence-corrected chi connectivity index (χ3v) is 5.97. The number of ether oxygens (including phenoxy) is 1. The molecule has 1 aromatic carbocycles. The second-order valence-corrected chi connectivity index (χ2v) is 8.79. The fourth-order valence-corrected chi connectivity index (χ4v) is 4.26. The molecule has 1 unspecified atom stereocenters. The second-order valence-electron chi connectivity index (χ2n) is 7.81. The maximum absolute atomic E-state index is 12.8. The summed E-state index contributed by atoms with van der Waals surface area (Å²) in [6, 6.07) is 7.58. The van der Waals surface area contributed by atoms with Crippen molar-refractivity contribution in [2.24, 2.45) is 5.92 Å². The number of benzene rings is 1. The van der Waals surface area contributed by atoms with Crippen molar-refractivity contribution in [3.63, 3.8) is 0 Å². The van der Waals surface area contributed by atoms with E-state index in [1.54, 1.807) is 23.3 Å². The van der Waals surface area contributed by atoms with Gasteiger partial charge in [-0.05, 0) is 43.5 Å². The molecule has 3 aromatic rings. The monoisotopic (exact) mass is 424 g/mol. The van der Waals surface area contributed by atoms with Crippen molar-refractivity contribution in [2.75, 3.05) is 10.7 Å². The predicted molar refractivity (Wildman–Crippen MR) is 116 cm³/mol. The molecule has 156 valence electrons. The van der Waals surface area contributed by atoms with Crippen LogP contribution in [-0.2, 0) is 4.79 Å². The lowest BCUT2D eigenvalue weighted by molar-refractivity contribution is -0.118. The normalized spacial score (nSPS) is 15.4. The third kappa shape index (κ3) is 3.79. The van der Waals surface area contributed by atoms with E-state index in [1.807, 2.05) is 26.0 Å². The summed E-state index contributed by atoms with van der Waals surface area (Å²) < 4.78 is 11.9. The molecule has 2 aromatic heterocycles. The Morgan fingerprint density at radius 1 is 1.27 bits per heavy atom. The van der Waals surface area contributed by atoms with Gasteiger partial charge in [0, 0.05) is 18.2 Å². The molecule has 0 spiro atoms. The average molecular weight is 425 g/mol. The van der Waals surface area contributed by atoms with Gasteiger partial charge in [0.05, 0.1) is 12.0 Å². The fraction of sp³-hybridized carbons (Fsp3) is 0.364. The number of nitrogens with zero attached hydrogens (tertiary/aromatic N) is 4. The molecule has 4 rings (SSSR count). The topological polar surface area (TPSA) is 81.4 Å². The van der Waals surface area contributed by atoms with Gasteiger partial charge in [0.25, 0.3) is 0 Å². The first-order chi connectivity index (χ1) is 14.3. The van der Waals surface area contributed by atoms with E-state index >= 15 is 0 Å². The highest BCUT2D eigenvalue weighted by Crippen LogP contribution is 2.45. The van der Waals surface area contributed by atoms with E-state index in [9.17, 15) is 4.79 Å². The first-order valence-corrected chi connectivity index (χ1v) is 10.8. The van der Waals surface area contributed by atoms with Crippen molar-refractivity contribution in [3.05, 3.63) is 47.4 Å². The fourth-order valence-electron chi connectivity index (χ4n) is 3.53. The number of thioether (sulfide) groups is 1. The number of rotatable bonds is 4. The van der Waals surface area contributed by atoms with E-state index in [1.165, 1.54) is 18.7 Å². The molecule has 0 fully saturated rings. The summed E-state index contributed by atoms with van der Waals surface area (Å²) in [7, 11) is 0. The van der Waals surface area contributed by atoms with Gasteiger partial charge in [0.1, 0.15) is 0 Å². The van der Waals surface area contributed by atoms with Crippen LogP contribution in [0, 0.1) is 19.8 Å². The number of hydrogen-bond donors (Lipinski definition) is 0. The summed E-state index contributed by atoms with van der Waals surface area (Å²) in [4.78, 5) is 19.0. The highest BCUT2D eigenvalue weighted by atomic mass is 32.2. The standard InChI is InChI=1S/C22H24N4O3S/c1-12(2)11-30-22-23-20-18(24-25-22)16-10-13(3)9-14(4)19(16)26(15(5)27)21(29-20)17-7-6-8-28-17/h6-10,12,21H,11H2,1-5H3. The van der Waals surface area contributed by atoms with Gasteiger partial charge in [-0.15, -0.1) is 10.2 Å². The molecular formula is C22H24N4O3S. The van der Waals surface area contributed by atoms with Crippen LogP contribution in [0.2, 0.25) is 0 Å². The van der Waals surface area contributed by atoms with Crippen LogP contribution >= 0.6 is 11.8 Å². The Bertz CT molecular complexity index is 1080. The minimum Gasteiger partial charge on any atom is -0.463 e. The van der Waals surface area contributed by atoms with Crippen LogP contribution in [0.4, 0.5) is 5.69 Å². The molecule has 1 aliphatic heterocycles. The van der Waals surface area contributed by atoms with E-state index in [-0.39, 0.29) is 5.91 Å². The highest BCUT2D eigenvalue weighted by molar-refractivity contribution is 7.99. The van der Waals surface area contributed by atoms with Crippen molar-refractivity contribution in [3.8, 4) is 17.1 Å². The minimum atomic E-state index is -0.793. The van der Waals surface area contributed by atoms with Crippen LogP contribution in [0.15, 0.2) is 40.1 Å². The first-order valence-electron chi connectivity index (χ1n) is 9.84. The lowest BCUT2D eigenvalue weighted by atomic mass is 10.0. The Balaban J connectivity index is 1.93. The Kier molecular flexibility index (Phi) is 5.51. The van der Waals surface area contributed by atoms with Gasteiger partial charge in [0.15, 0.2) is 11.5 Å². The summed E-state index contributed by atoms with van der Waals surface area (Å²) in [5.74, 6) is 2.05. The number of fused-ring (bicyclic) bond motifs is 3. The zero-order chi connectivity index (χ0) is 21.4. The zero-order valence-electron chi connectivity index (χ0n) is 17.7. The Labute approximate surface area is 179 Å². The number of carbonyl (C=O) groups is 1. The molecule has 0 bridgehead atoms. The van der Waals surface area contributed by atoms with Gasteiger partial charge < -0.3 is 9.15 Å². The number of aromatic nitrogens is 3. The van der Waals surface area contributed by atoms with E-state index in [0.717, 1.165) is 28.1 Å². The predicted octanol–water partition coefficient (Wildman–Crippen LogP) is 4.94. The third-order valence-electron chi connectivity index (χ3n) is 4.71. The number of anilines is 1. The van der Waals surface area contributed by atoms with Crippen molar-refractivity contribution < 1.29 is 13.9 Å². The van der Waals surface area contributed by atoms with Crippen LogP contribution in [-0.4, -0.2) is 26.8 Å². The van der Waals surface area contributed by atoms with Crippen molar-refractivity contribution in [2.45, 2.75) is 46.0 Å². The number of amides is 1. The first kappa shape index (κ1) is 20.4. The summed E-state index contributed by atoms with van der Waals surface area (Å²) in [6.45, 7) is 9.77. The van der Waals surface area contributed by atoms with Gasteiger partial charge in [-0.1, -0.05) is 37.2 Å². The van der Waals surface area contributed by atoms with Gasteiger partial charge in [-0.2, -0.15) is 4.98 Å². The maximum Gasteiger partial charge on any atom is 0.247 e. The summed E-state index contributed by atoms with van der Waals surface area (Å²) in [6.07, 6.45) is 0.770. The Morgan fingerprint density at radius 2 is 2.07 bits per heavy atom. The van der Waals surface area contributed by atoms with Crippen LogP contribution < -0.4 is 9.64 Å². The Hall–Kier alpha value is -2.87. The Morgan fingerprint density at radius 3 is 2.73 bits per heavy atom. The maximum atomic E-state index is 12.8. The molecule has 7 nitrogen and oxygen atoms in total. The van der Waals surface area contributed by atoms with Crippen molar-refractivity contribution >= 4 is 23.4 Å². The van der Waals surface area contributed by atoms with E-state index in [4.69, 9.17) is 9.15 Å². The molecule has 0 N–H and O–H groups in total. The van der Waals surface area contributed by atoms with E-state index in [0.29, 0.717) is 28.4 Å². The van der Waals surface area contributed by atoms with Crippen LogP contribution in [0.3, 0.4) is 0 Å². The molecular weight excluding hydrogens is 400 g/mol. The number of furan rings is 1. The largest absolute Gasteiger partial charge is 0.463 e. The summed E-state index contributed by atoms with van der Waals surface area (Å²) in [5.41, 5.74) is 4.01. The van der Waals surface area contributed by atoms with Gasteiger partial charge in [-0.3, -0.25) is 9.69 Å². The molecule has 0 radical (unpaired) electrons. The number of aryl methyl sites for hydroxylation is 2. The molecule has 1 atom stereocenters. The molecule has 0 aliphatic carbocycles. The summed E-state index contributed by atoms with van der Waals surface area (Å²) >= 11 is 1.53. The molecule has 1 amide bonds. The summed E-state index contributed by atoms with van der Waals surface area (Å²) in [5, 5.41) is 9.32. The van der Waals surface area contributed by atoms with E-state index in [2.05, 4.69) is 29.0 Å². The molecule has 0 saturated heterocycles. The molecule has 30 heavy (non-hydrogen) atoms. The lowest BCUT2D eigenvalue weighted by Crippen LogP contribution is -2.36. The SMILES string of the molecule is CC(=O)N1c2c(C)cc(C)cc2-c2nnc(SCC(C)C)nc2OC1c1ccco1. The second kappa shape index (κ2) is 8.10. The minimum absolute atomic E-state index is 0.167. The molecule has 8 heteroatoms. The van der Waals surface area contributed by atoms with Crippen LogP contribution in [0.1, 0.15) is 43.9 Å². The lowest BCUT2D eigenvalue weighted by Gasteiger charge is -2.29. The van der Waals surface area contributed by atoms with Gasteiger partial charge in [0.2, 0.25) is 23.2 Å². The smallest absolute Gasteiger partial charge is 0.247 e. The van der Waals surface area contributed by atoms with Gasteiger partial charge in [-0.25, -0.2) is 0 Å². The van der Waals surface area contributed by atoms with Crippen molar-refractivity contribution in [1.82, 2.24) is 15.2 Å². The van der Waals surface area contributed by atoms with Crippen LogP contribution in [0.5, 0.6) is 5.88 Å². The average Bonchev–Trinajstić information content (AvgIpc) is 3.17. The molecule has 3 heterocycles. The van der Waals surface area contributed by atoms with E-state index < -0.39 is 6.23 Å². The zero-order valence-corrected chi connectivity index (χ0v) is 18.5. The van der Waals surface area contributed by atoms with Gasteiger partial charge >= 0.3 is 0 Å². The molecule has 1 aliphatic rings. The number of hydrogen-bond acceptors (Lipinski definition) is 7. The van der Waals surface area contributed by atoms with Crippen molar-refractivity contribution in [1.29, 1.82) is 0 Å². The van der Waals surface area contributed by atoms with Crippen LogP contribution in [0.25, 0.3) is 11.3 Å². The molecule has 0 saturated carbocycles. The number of carbonyl (C=O) groups excluding carboxylic acids is 1.